The van der Waals surface area contributed by atoms with Crippen molar-refractivity contribution in [2.24, 2.45) is 0 Å². The highest BCUT2D eigenvalue weighted by atomic mass is 19.4. The topological polar surface area (TPSA) is 42.2 Å². The van der Waals surface area contributed by atoms with Crippen molar-refractivity contribution in [1.29, 1.82) is 5.26 Å². The monoisotopic (exact) mass is 259 g/mol. The van der Waals surface area contributed by atoms with Crippen LogP contribution in [0.25, 0.3) is 0 Å². The molecule has 0 aromatic heterocycles. The summed E-state index contributed by atoms with van der Waals surface area (Å²) in [5, 5.41) is 8.79. The van der Waals surface area contributed by atoms with E-state index < -0.39 is 11.7 Å². The summed E-state index contributed by atoms with van der Waals surface area (Å²) in [6.07, 6.45) is -3.86. The fourth-order valence-electron chi connectivity index (χ4n) is 1.30. The third-order valence-electron chi connectivity index (χ3n) is 2.18. The summed E-state index contributed by atoms with van der Waals surface area (Å²) in [4.78, 5) is 0. The maximum Gasteiger partial charge on any atom is 0.416 e. The molecular weight excluding hydrogens is 247 g/mol. The van der Waals surface area contributed by atoms with E-state index in [2.05, 4.69) is 0 Å². The number of alkyl halides is 3. The Bertz CT molecular complexity index is 438. The molecule has 0 aliphatic rings. The minimum atomic E-state index is -4.46. The van der Waals surface area contributed by atoms with Gasteiger partial charge >= 0.3 is 6.18 Å². The lowest BCUT2D eigenvalue weighted by Crippen LogP contribution is -2.07. The van der Waals surface area contributed by atoms with Crippen LogP contribution in [0.2, 0.25) is 0 Å². The van der Waals surface area contributed by atoms with Crippen LogP contribution in [0, 0.1) is 11.3 Å². The molecule has 0 heterocycles. The second-order valence-corrected chi connectivity index (χ2v) is 3.52. The molecule has 0 aliphatic carbocycles. The highest BCUT2D eigenvalue weighted by molar-refractivity contribution is 5.46. The van der Waals surface area contributed by atoms with Gasteiger partial charge in [0.05, 0.1) is 17.7 Å². The number of halogens is 3. The predicted octanol–water partition coefficient (Wildman–Crippen LogP) is 2.99. The van der Waals surface area contributed by atoms with Crippen molar-refractivity contribution in [3.63, 3.8) is 0 Å². The van der Waals surface area contributed by atoms with E-state index >= 15 is 0 Å². The summed E-state index contributed by atoms with van der Waals surface area (Å²) < 4.78 is 47.3. The van der Waals surface area contributed by atoms with E-state index in [1.165, 1.54) is 0 Å². The Hall–Kier alpha value is -1.74. The van der Waals surface area contributed by atoms with Gasteiger partial charge in [-0.05, 0) is 18.2 Å². The van der Waals surface area contributed by atoms with Crippen molar-refractivity contribution in [2.45, 2.75) is 12.6 Å². The average Bonchev–Trinajstić information content (AvgIpc) is 2.33. The molecular formula is C12H12F3NO2. The molecule has 0 fully saturated rings. The standard InChI is InChI=1S/C12H12F3NO2/c1-17-5-2-6-18-11-4-3-10(12(13,14)15)7-9(11)8-16/h3-4,7H,2,5-6H2,1H3. The summed E-state index contributed by atoms with van der Waals surface area (Å²) in [5.74, 6) is 0.154. The Labute approximate surface area is 103 Å². The van der Waals surface area contributed by atoms with E-state index in [9.17, 15) is 13.2 Å². The van der Waals surface area contributed by atoms with Gasteiger partial charge in [0.25, 0.3) is 0 Å². The minimum absolute atomic E-state index is 0.123. The summed E-state index contributed by atoms with van der Waals surface area (Å²) in [6, 6.07) is 4.53. The van der Waals surface area contributed by atoms with Crippen molar-refractivity contribution >= 4 is 0 Å². The van der Waals surface area contributed by atoms with E-state index in [0.29, 0.717) is 13.0 Å². The van der Waals surface area contributed by atoms with E-state index in [1.54, 1.807) is 13.2 Å². The molecule has 0 amide bonds. The number of ether oxygens (including phenoxy) is 2. The van der Waals surface area contributed by atoms with Crippen molar-refractivity contribution < 1.29 is 22.6 Å². The molecule has 0 N–H and O–H groups in total. The zero-order valence-electron chi connectivity index (χ0n) is 9.75. The Kier molecular flexibility index (Phi) is 4.98. The largest absolute Gasteiger partial charge is 0.492 e. The number of hydrogen-bond donors (Lipinski definition) is 0. The minimum Gasteiger partial charge on any atom is -0.492 e. The normalized spacial score (nSPS) is 11.1. The van der Waals surface area contributed by atoms with Gasteiger partial charge in [-0.1, -0.05) is 0 Å². The van der Waals surface area contributed by atoms with E-state index in [4.69, 9.17) is 14.7 Å². The van der Waals surface area contributed by atoms with Gasteiger partial charge in [0.1, 0.15) is 11.8 Å². The number of nitriles is 1. The molecule has 0 atom stereocenters. The van der Waals surface area contributed by atoms with Crippen LogP contribution in [0.3, 0.4) is 0 Å². The van der Waals surface area contributed by atoms with Gasteiger partial charge in [-0.3, -0.25) is 0 Å². The molecule has 0 spiro atoms. The molecule has 1 aromatic rings. The fraction of sp³-hybridized carbons (Fsp3) is 0.417. The molecule has 18 heavy (non-hydrogen) atoms. The highest BCUT2D eigenvalue weighted by Crippen LogP contribution is 2.32. The van der Waals surface area contributed by atoms with Crippen molar-refractivity contribution in [2.75, 3.05) is 20.3 Å². The number of benzene rings is 1. The van der Waals surface area contributed by atoms with Crippen LogP contribution in [0.4, 0.5) is 13.2 Å². The first-order chi connectivity index (χ1) is 8.49. The summed E-state index contributed by atoms with van der Waals surface area (Å²) in [7, 11) is 1.54. The molecule has 0 aliphatic heterocycles. The first-order valence-corrected chi connectivity index (χ1v) is 5.22. The van der Waals surface area contributed by atoms with Crippen molar-refractivity contribution in [1.82, 2.24) is 0 Å². The molecule has 98 valence electrons. The lowest BCUT2D eigenvalue weighted by atomic mass is 10.1. The van der Waals surface area contributed by atoms with Crippen LogP contribution in [0.1, 0.15) is 17.5 Å². The number of nitrogens with zero attached hydrogens (tertiary/aromatic N) is 1. The van der Waals surface area contributed by atoms with Gasteiger partial charge in [0.15, 0.2) is 0 Å². The maximum absolute atomic E-state index is 12.4. The van der Waals surface area contributed by atoms with Gasteiger partial charge in [-0.2, -0.15) is 18.4 Å². The molecule has 0 saturated heterocycles. The lowest BCUT2D eigenvalue weighted by Gasteiger charge is -2.11. The first kappa shape index (κ1) is 14.3. The molecule has 0 radical (unpaired) electrons. The van der Waals surface area contributed by atoms with Gasteiger partial charge in [-0.15, -0.1) is 0 Å². The molecule has 0 unspecified atom stereocenters. The quantitative estimate of drug-likeness (QED) is 0.763. The fourth-order valence-corrected chi connectivity index (χ4v) is 1.30. The summed E-state index contributed by atoms with van der Waals surface area (Å²) >= 11 is 0. The number of methoxy groups -OCH3 is 1. The van der Waals surface area contributed by atoms with E-state index in [1.807, 2.05) is 0 Å². The van der Waals surface area contributed by atoms with Crippen LogP contribution < -0.4 is 4.74 Å². The van der Waals surface area contributed by atoms with Crippen LogP contribution in [-0.4, -0.2) is 20.3 Å². The van der Waals surface area contributed by atoms with Gasteiger partial charge in [0, 0.05) is 20.1 Å². The second-order valence-electron chi connectivity index (χ2n) is 3.52. The van der Waals surface area contributed by atoms with Crippen LogP contribution in [-0.2, 0) is 10.9 Å². The summed E-state index contributed by atoms with van der Waals surface area (Å²) in [6.45, 7) is 0.774. The zero-order chi connectivity index (χ0) is 13.6. The number of hydrogen-bond acceptors (Lipinski definition) is 3. The van der Waals surface area contributed by atoms with E-state index in [-0.39, 0.29) is 17.9 Å². The molecule has 0 saturated carbocycles. The van der Waals surface area contributed by atoms with Gasteiger partial charge in [-0.25, -0.2) is 0 Å². The molecule has 1 aromatic carbocycles. The highest BCUT2D eigenvalue weighted by Gasteiger charge is 2.31. The Morgan fingerprint density at radius 3 is 2.56 bits per heavy atom. The first-order valence-electron chi connectivity index (χ1n) is 5.22. The Balaban J connectivity index is 2.79. The van der Waals surface area contributed by atoms with Crippen LogP contribution in [0.15, 0.2) is 18.2 Å². The van der Waals surface area contributed by atoms with Crippen LogP contribution in [0.5, 0.6) is 5.75 Å². The average molecular weight is 259 g/mol. The van der Waals surface area contributed by atoms with Crippen molar-refractivity contribution in [3.05, 3.63) is 29.3 Å². The summed E-state index contributed by atoms with van der Waals surface area (Å²) in [5.41, 5.74) is -0.981. The van der Waals surface area contributed by atoms with Crippen molar-refractivity contribution in [3.8, 4) is 11.8 Å². The molecule has 1 rings (SSSR count). The van der Waals surface area contributed by atoms with Gasteiger partial charge < -0.3 is 9.47 Å². The van der Waals surface area contributed by atoms with Crippen LogP contribution >= 0.6 is 0 Å². The third kappa shape index (κ3) is 3.93. The van der Waals surface area contributed by atoms with Gasteiger partial charge in [0.2, 0.25) is 0 Å². The third-order valence-corrected chi connectivity index (χ3v) is 2.18. The smallest absolute Gasteiger partial charge is 0.416 e. The van der Waals surface area contributed by atoms with E-state index in [0.717, 1.165) is 18.2 Å². The zero-order valence-corrected chi connectivity index (χ0v) is 9.75. The number of rotatable bonds is 5. The maximum atomic E-state index is 12.4. The Morgan fingerprint density at radius 1 is 1.28 bits per heavy atom. The Morgan fingerprint density at radius 2 is 2.00 bits per heavy atom. The second kappa shape index (κ2) is 6.26. The SMILES string of the molecule is COCCCOc1ccc(C(F)(F)F)cc1C#N. The molecule has 6 heteroatoms. The lowest BCUT2D eigenvalue weighted by molar-refractivity contribution is -0.137. The molecule has 3 nitrogen and oxygen atoms in total. The predicted molar refractivity (Wildman–Crippen MR) is 58.1 cm³/mol. The molecule has 0 bridgehead atoms.